The zero-order valence-corrected chi connectivity index (χ0v) is 23.6. The Morgan fingerprint density at radius 1 is 1.12 bits per heavy atom. The normalized spacial score (nSPS) is 29.7. The number of aromatic amines is 1. The monoisotopic (exact) mass is 657 g/mol. The SMILES string of the molecule is Nc1ncnc2c1ncn2[C@H]1C[C@H](F)[C@@H](COP(=O)(S)O[C@H]2[C@@H](F)[C@H](n3ccc(=O)[nH]c3=O)O[C@@H]2COP(=O)(O)O)O1. The van der Waals surface area contributed by atoms with Gasteiger partial charge in [-0.15, -0.1) is 0 Å². The van der Waals surface area contributed by atoms with Crippen molar-refractivity contribution in [2.75, 3.05) is 18.9 Å². The number of nitrogens with one attached hydrogen (secondary N) is 1. The number of hydrogen-bond donors (Lipinski definition) is 5. The number of phosphoric ester groups is 1. The molecule has 5 N–H and O–H groups in total. The number of anilines is 1. The molecule has 3 aromatic rings. The number of halogens is 2. The molecule has 2 fully saturated rings. The fraction of sp³-hybridized carbons (Fsp3) is 0.526. The highest BCUT2D eigenvalue weighted by Gasteiger charge is 2.51. The maximum Gasteiger partial charge on any atom is 0.469 e. The summed E-state index contributed by atoms with van der Waals surface area (Å²) in [6, 6.07) is 0.899. The van der Waals surface area contributed by atoms with E-state index in [0.717, 1.165) is 12.3 Å². The molecular formula is C19H23F2N7O11P2S. The molecule has 0 radical (unpaired) electrons. The van der Waals surface area contributed by atoms with E-state index in [1.807, 2.05) is 4.98 Å². The second-order valence-corrected chi connectivity index (χ2v) is 13.2. The van der Waals surface area contributed by atoms with E-state index in [0.29, 0.717) is 10.2 Å². The largest absolute Gasteiger partial charge is 0.469 e. The van der Waals surface area contributed by atoms with E-state index >= 15 is 4.39 Å². The Labute approximate surface area is 238 Å². The number of nitrogen functional groups attached to an aromatic ring is 1. The molecule has 0 bridgehead atoms. The minimum absolute atomic E-state index is 0.112. The summed E-state index contributed by atoms with van der Waals surface area (Å²) in [7, 11) is -5.08. The van der Waals surface area contributed by atoms with Crippen LogP contribution < -0.4 is 17.0 Å². The number of H-pyrrole nitrogens is 1. The molecule has 2 aliphatic heterocycles. The fourth-order valence-electron chi connectivity index (χ4n) is 4.42. The molecule has 0 aromatic carbocycles. The number of rotatable bonds is 10. The molecule has 5 heterocycles. The van der Waals surface area contributed by atoms with Crippen LogP contribution in [0.25, 0.3) is 11.2 Å². The molecule has 2 saturated heterocycles. The van der Waals surface area contributed by atoms with Crippen LogP contribution in [-0.4, -0.2) is 82.7 Å². The van der Waals surface area contributed by atoms with Gasteiger partial charge in [0.1, 0.15) is 42.6 Å². The summed E-state index contributed by atoms with van der Waals surface area (Å²) in [6.45, 7) is -6.18. The van der Waals surface area contributed by atoms with Crippen molar-refractivity contribution in [1.82, 2.24) is 29.1 Å². The van der Waals surface area contributed by atoms with Gasteiger partial charge in [0.2, 0.25) is 0 Å². The second-order valence-electron chi connectivity index (χ2n) is 9.11. The molecule has 0 amide bonds. The smallest absolute Gasteiger partial charge is 0.382 e. The van der Waals surface area contributed by atoms with Crippen molar-refractivity contribution < 1.29 is 50.7 Å². The molecule has 8 atom stereocenters. The third-order valence-electron chi connectivity index (χ3n) is 6.32. The molecule has 5 rings (SSSR count). The van der Waals surface area contributed by atoms with Gasteiger partial charge in [-0.3, -0.25) is 32.5 Å². The summed E-state index contributed by atoms with van der Waals surface area (Å²) in [5.41, 5.74) is 4.49. The van der Waals surface area contributed by atoms with E-state index in [9.17, 15) is 23.1 Å². The van der Waals surface area contributed by atoms with Crippen molar-refractivity contribution in [2.24, 2.45) is 0 Å². The lowest BCUT2D eigenvalue weighted by Crippen LogP contribution is -2.36. The van der Waals surface area contributed by atoms with Gasteiger partial charge >= 0.3 is 20.3 Å². The van der Waals surface area contributed by atoms with Crippen molar-refractivity contribution in [3.05, 3.63) is 45.8 Å². The molecule has 0 aliphatic carbocycles. The van der Waals surface area contributed by atoms with Crippen molar-refractivity contribution in [1.29, 1.82) is 0 Å². The minimum Gasteiger partial charge on any atom is -0.382 e. The lowest BCUT2D eigenvalue weighted by atomic mass is 10.1. The number of hydrogen-bond acceptors (Lipinski definition) is 13. The lowest BCUT2D eigenvalue weighted by Gasteiger charge is -2.24. The van der Waals surface area contributed by atoms with Gasteiger partial charge in [0, 0.05) is 18.7 Å². The van der Waals surface area contributed by atoms with Gasteiger partial charge in [0.25, 0.3) is 5.56 Å². The predicted molar refractivity (Wildman–Crippen MR) is 139 cm³/mol. The maximum absolute atomic E-state index is 15.5. The van der Waals surface area contributed by atoms with Crippen LogP contribution in [0.2, 0.25) is 0 Å². The topological polar surface area (TPSA) is 245 Å². The first-order valence-electron chi connectivity index (χ1n) is 11.9. The summed E-state index contributed by atoms with van der Waals surface area (Å²) in [5, 5.41) is 0. The molecule has 0 spiro atoms. The average molecular weight is 657 g/mol. The Morgan fingerprint density at radius 2 is 1.86 bits per heavy atom. The number of nitrogens with zero attached hydrogens (tertiary/aromatic N) is 5. The molecule has 0 saturated carbocycles. The summed E-state index contributed by atoms with van der Waals surface area (Å²) in [4.78, 5) is 55.6. The van der Waals surface area contributed by atoms with Crippen LogP contribution in [0.15, 0.2) is 34.5 Å². The van der Waals surface area contributed by atoms with E-state index in [-0.39, 0.29) is 17.8 Å². The third-order valence-corrected chi connectivity index (χ3v) is 8.42. The van der Waals surface area contributed by atoms with Crippen LogP contribution in [0.4, 0.5) is 14.6 Å². The highest BCUT2D eigenvalue weighted by Crippen LogP contribution is 2.57. The zero-order chi connectivity index (χ0) is 30.4. The average Bonchev–Trinajstić information content (AvgIpc) is 3.58. The standard InChI is InChI=1S/C19H23F2N7O11P2S/c20-8-3-12(28-7-25-14-16(22)23-6-24-17(14)28)37-9(8)4-36-41(34,42)39-15-10(5-35-40(31,32)33)38-18(13(15)21)27-2-1-11(29)26-19(27)30/h1-2,6-10,12-13,15,18H,3-5H2,(H,34,42)(H2,22,23,24)(H,26,29,30)(H2,31,32,33)/t8-,9+,10+,12+,13+,15+,18+,41?/m0/s1. The Kier molecular flexibility index (Phi) is 8.70. The van der Waals surface area contributed by atoms with E-state index in [4.69, 9.17) is 34.0 Å². The number of nitrogens with two attached hydrogens (primary N) is 1. The zero-order valence-electron chi connectivity index (χ0n) is 21.0. The molecule has 3 aromatic heterocycles. The van der Waals surface area contributed by atoms with Crippen molar-refractivity contribution in [3.63, 3.8) is 0 Å². The molecule has 2 aliphatic rings. The number of aromatic nitrogens is 6. The Morgan fingerprint density at radius 3 is 2.57 bits per heavy atom. The minimum atomic E-state index is -5.08. The molecule has 23 heteroatoms. The van der Waals surface area contributed by atoms with Gasteiger partial charge < -0.3 is 25.0 Å². The highest BCUT2D eigenvalue weighted by atomic mass is 32.7. The van der Waals surface area contributed by atoms with E-state index in [1.165, 1.54) is 17.2 Å². The van der Waals surface area contributed by atoms with Crippen LogP contribution in [-0.2, 0) is 32.2 Å². The van der Waals surface area contributed by atoms with Crippen molar-refractivity contribution in [3.8, 4) is 0 Å². The quantitative estimate of drug-likeness (QED) is 0.146. The predicted octanol–water partition coefficient (Wildman–Crippen LogP) is 0.369. The number of ether oxygens (including phenoxy) is 2. The summed E-state index contributed by atoms with van der Waals surface area (Å²) in [5.74, 6) is 0.112. The number of imidazole rings is 1. The van der Waals surface area contributed by atoms with Crippen molar-refractivity contribution >= 4 is 43.9 Å². The highest BCUT2D eigenvalue weighted by molar-refractivity contribution is 8.44. The van der Waals surface area contributed by atoms with Crippen LogP contribution in [0, 0.1) is 0 Å². The first-order chi connectivity index (χ1) is 19.7. The second kappa shape index (κ2) is 11.8. The number of alkyl halides is 2. The molecular weight excluding hydrogens is 634 g/mol. The van der Waals surface area contributed by atoms with Gasteiger partial charge in [-0.2, -0.15) is 0 Å². The number of thiol groups is 1. The molecule has 18 nitrogen and oxygen atoms in total. The van der Waals surface area contributed by atoms with Crippen LogP contribution in [0.1, 0.15) is 18.9 Å². The molecule has 230 valence electrons. The summed E-state index contributed by atoms with van der Waals surface area (Å²) >= 11 is 3.82. The van der Waals surface area contributed by atoms with Gasteiger partial charge in [0.15, 0.2) is 23.9 Å². The molecule has 1 unspecified atom stereocenters. The summed E-state index contributed by atoms with van der Waals surface area (Å²) < 4.78 is 82.6. The van der Waals surface area contributed by atoms with Gasteiger partial charge in [-0.25, -0.2) is 37.7 Å². The first kappa shape index (κ1) is 30.9. The van der Waals surface area contributed by atoms with E-state index in [1.54, 1.807) is 0 Å². The van der Waals surface area contributed by atoms with Crippen molar-refractivity contribution in [2.45, 2.75) is 49.5 Å². The van der Waals surface area contributed by atoms with E-state index < -0.39 is 82.2 Å². The fourth-order valence-corrected chi connectivity index (χ4v) is 6.24. The van der Waals surface area contributed by atoms with E-state index in [2.05, 4.69) is 31.7 Å². The first-order valence-corrected chi connectivity index (χ1v) is 16.1. The summed E-state index contributed by atoms with van der Waals surface area (Å²) in [6.07, 6.45) is -8.17. The van der Waals surface area contributed by atoms with Gasteiger partial charge in [0.05, 0.1) is 19.5 Å². The molecule has 42 heavy (non-hydrogen) atoms. The Hall–Kier alpha value is -2.58. The lowest BCUT2D eigenvalue weighted by molar-refractivity contribution is -0.0486. The number of fused-ring (bicyclic) bond motifs is 1. The Balaban J connectivity index is 1.27. The van der Waals surface area contributed by atoms with Crippen LogP contribution in [0.3, 0.4) is 0 Å². The van der Waals surface area contributed by atoms with Crippen LogP contribution >= 0.6 is 26.9 Å². The Bertz CT molecular complexity index is 1670. The number of phosphoric acid groups is 1. The van der Waals surface area contributed by atoms with Crippen LogP contribution in [0.5, 0.6) is 0 Å². The van der Waals surface area contributed by atoms with Gasteiger partial charge in [-0.05, 0) is 0 Å². The third kappa shape index (κ3) is 6.65. The maximum atomic E-state index is 15.5. The van der Waals surface area contributed by atoms with Gasteiger partial charge in [-0.1, -0.05) is 12.2 Å².